The number of aromatic nitrogens is 3. The predicted octanol–water partition coefficient (Wildman–Crippen LogP) is 5.62. The van der Waals surface area contributed by atoms with Crippen LogP contribution in [0.25, 0.3) is 0 Å². The van der Waals surface area contributed by atoms with Crippen LogP contribution in [0.4, 0.5) is 10.3 Å². The van der Waals surface area contributed by atoms with Gasteiger partial charge in [-0.2, -0.15) is 5.26 Å². The summed E-state index contributed by atoms with van der Waals surface area (Å²) in [6, 6.07) is 10.3. The molecule has 0 atom stereocenters. The number of aryl methyl sites for hydroxylation is 1. The highest BCUT2D eigenvalue weighted by Crippen LogP contribution is 2.29. The molecule has 0 aliphatic carbocycles. The summed E-state index contributed by atoms with van der Waals surface area (Å²) < 4.78 is 19.3. The van der Waals surface area contributed by atoms with Gasteiger partial charge in [0.05, 0.1) is 12.2 Å². The topological polar surface area (TPSA) is 74.9 Å². The normalized spacial score (nSPS) is 14.0. The zero-order chi connectivity index (χ0) is 24.5. The molecular weight excluding hydrogens is 441 g/mol. The number of unbranched alkanes of at least 4 members (excludes halogenated alkanes) is 2. The van der Waals surface area contributed by atoms with Crippen LogP contribution in [0.3, 0.4) is 0 Å². The molecule has 0 amide bonds. The molecule has 4 rings (SSSR count). The lowest BCUT2D eigenvalue weighted by Crippen LogP contribution is -2.34. The van der Waals surface area contributed by atoms with Crippen molar-refractivity contribution in [3.8, 4) is 11.8 Å². The van der Waals surface area contributed by atoms with E-state index in [1.165, 1.54) is 42.5 Å². The highest BCUT2D eigenvalue weighted by atomic mass is 19.1. The number of pyridine rings is 1. The zero-order valence-corrected chi connectivity index (χ0v) is 20.3. The van der Waals surface area contributed by atoms with Gasteiger partial charge >= 0.3 is 0 Å². The minimum Gasteiger partial charge on any atom is -0.493 e. The van der Waals surface area contributed by atoms with E-state index < -0.39 is 5.82 Å². The predicted molar refractivity (Wildman–Crippen MR) is 134 cm³/mol. The van der Waals surface area contributed by atoms with Crippen LogP contribution in [0.15, 0.2) is 48.9 Å². The van der Waals surface area contributed by atoms with Crippen molar-refractivity contribution in [3.63, 3.8) is 0 Å². The molecule has 1 aliphatic rings. The Morgan fingerprint density at radius 1 is 1.03 bits per heavy atom. The Kier molecular flexibility index (Phi) is 8.61. The molecule has 0 spiro atoms. The number of hydrogen-bond donors (Lipinski definition) is 0. The molecule has 0 radical (unpaired) electrons. The molecule has 7 heteroatoms. The highest BCUT2D eigenvalue weighted by molar-refractivity contribution is 5.36. The maximum atomic E-state index is 13.7. The summed E-state index contributed by atoms with van der Waals surface area (Å²) >= 11 is 0. The lowest BCUT2D eigenvalue weighted by molar-refractivity contribution is 0.318. The maximum absolute atomic E-state index is 13.7. The van der Waals surface area contributed by atoms with Crippen LogP contribution in [0.1, 0.15) is 67.3 Å². The van der Waals surface area contributed by atoms with Crippen molar-refractivity contribution in [1.29, 1.82) is 5.26 Å². The van der Waals surface area contributed by atoms with E-state index in [4.69, 9.17) is 10.00 Å². The second-order valence-electron chi connectivity index (χ2n) is 9.04. The molecule has 0 saturated carbocycles. The van der Waals surface area contributed by atoms with Crippen molar-refractivity contribution >= 4 is 5.95 Å². The largest absolute Gasteiger partial charge is 0.493 e. The van der Waals surface area contributed by atoms with Gasteiger partial charge in [0.15, 0.2) is 0 Å². The Hall–Kier alpha value is -3.53. The highest BCUT2D eigenvalue weighted by Gasteiger charge is 2.22. The van der Waals surface area contributed by atoms with E-state index in [0.29, 0.717) is 24.7 Å². The fraction of sp³-hybridized carbons (Fsp3) is 0.429. The minimum atomic E-state index is -0.565. The van der Waals surface area contributed by atoms with Crippen molar-refractivity contribution in [1.82, 2.24) is 15.0 Å². The van der Waals surface area contributed by atoms with E-state index in [-0.39, 0.29) is 5.56 Å². The third kappa shape index (κ3) is 6.75. The van der Waals surface area contributed by atoms with Crippen LogP contribution in [0.2, 0.25) is 0 Å². The number of halogens is 1. The van der Waals surface area contributed by atoms with Gasteiger partial charge in [-0.25, -0.2) is 14.4 Å². The molecule has 1 saturated heterocycles. The van der Waals surface area contributed by atoms with Crippen molar-refractivity contribution in [2.24, 2.45) is 0 Å². The molecule has 1 aliphatic heterocycles. The number of ether oxygens (including phenoxy) is 1. The van der Waals surface area contributed by atoms with Crippen LogP contribution >= 0.6 is 0 Å². The first-order valence-corrected chi connectivity index (χ1v) is 12.5. The van der Waals surface area contributed by atoms with Gasteiger partial charge < -0.3 is 9.64 Å². The van der Waals surface area contributed by atoms with Crippen LogP contribution in [0, 0.1) is 17.1 Å². The molecule has 0 bridgehead atoms. The van der Waals surface area contributed by atoms with Crippen LogP contribution in [-0.2, 0) is 12.8 Å². The molecule has 6 nitrogen and oxygen atoms in total. The number of nitriles is 1. The zero-order valence-electron chi connectivity index (χ0n) is 20.3. The lowest BCUT2D eigenvalue weighted by Gasteiger charge is -2.32. The number of piperidine rings is 1. The minimum absolute atomic E-state index is 0.0173. The van der Waals surface area contributed by atoms with Crippen molar-refractivity contribution in [2.75, 3.05) is 24.6 Å². The fourth-order valence-corrected chi connectivity index (χ4v) is 4.41. The molecule has 1 aromatic carbocycles. The lowest BCUT2D eigenvalue weighted by atomic mass is 9.90. The van der Waals surface area contributed by atoms with Gasteiger partial charge in [0, 0.05) is 49.9 Å². The Morgan fingerprint density at radius 2 is 1.83 bits per heavy atom. The number of anilines is 1. The molecule has 2 aromatic heterocycles. The number of nitrogens with zero attached hydrogens (tertiary/aromatic N) is 5. The summed E-state index contributed by atoms with van der Waals surface area (Å²) in [5.41, 5.74) is 3.43. The molecular formula is C28H32FN5O. The van der Waals surface area contributed by atoms with Gasteiger partial charge in [0.25, 0.3) is 0 Å². The molecule has 0 unspecified atom stereocenters. The summed E-state index contributed by atoms with van der Waals surface area (Å²) in [5, 5.41) is 8.81. The van der Waals surface area contributed by atoms with E-state index in [2.05, 4.69) is 32.8 Å². The summed E-state index contributed by atoms with van der Waals surface area (Å²) in [5.74, 6) is 1.17. The third-order valence-corrected chi connectivity index (χ3v) is 6.55. The smallest absolute Gasteiger partial charge is 0.225 e. The van der Waals surface area contributed by atoms with Crippen molar-refractivity contribution in [2.45, 2.75) is 57.8 Å². The van der Waals surface area contributed by atoms with Gasteiger partial charge in [-0.1, -0.05) is 25.8 Å². The van der Waals surface area contributed by atoms with Crippen LogP contribution in [0.5, 0.6) is 5.75 Å². The summed E-state index contributed by atoms with van der Waals surface area (Å²) in [4.78, 5) is 16.1. The summed E-state index contributed by atoms with van der Waals surface area (Å²) in [6.07, 6.45) is 13.4. The van der Waals surface area contributed by atoms with Gasteiger partial charge in [-0.3, -0.25) is 4.98 Å². The number of rotatable bonds is 10. The second kappa shape index (κ2) is 12.3. The van der Waals surface area contributed by atoms with Crippen molar-refractivity contribution < 1.29 is 9.13 Å². The molecule has 35 heavy (non-hydrogen) atoms. The van der Waals surface area contributed by atoms with E-state index >= 15 is 0 Å². The van der Waals surface area contributed by atoms with Crippen LogP contribution in [-0.4, -0.2) is 34.6 Å². The average Bonchev–Trinajstić information content (AvgIpc) is 2.90. The molecule has 3 aromatic rings. The van der Waals surface area contributed by atoms with Gasteiger partial charge in [0.1, 0.15) is 17.6 Å². The van der Waals surface area contributed by atoms with Crippen molar-refractivity contribution in [3.05, 3.63) is 77.1 Å². The summed E-state index contributed by atoms with van der Waals surface area (Å²) in [6.45, 7) is 4.49. The van der Waals surface area contributed by atoms with E-state index in [1.54, 1.807) is 6.07 Å². The number of benzene rings is 1. The van der Waals surface area contributed by atoms with E-state index in [0.717, 1.165) is 44.0 Å². The first kappa shape index (κ1) is 24.6. The molecule has 1 fully saturated rings. The van der Waals surface area contributed by atoms with Gasteiger partial charge in [0.2, 0.25) is 5.95 Å². The first-order valence-electron chi connectivity index (χ1n) is 12.5. The van der Waals surface area contributed by atoms with E-state index in [9.17, 15) is 4.39 Å². The maximum Gasteiger partial charge on any atom is 0.225 e. The second-order valence-corrected chi connectivity index (χ2v) is 9.04. The van der Waals surface area contributed by atoms with E-state index in [1.807, 2.05) is 30.7 Å². The third-order valence-electron chi connectivity index (χ3n) is 6.55. The summed E-state index contributed by atoms with van der Waals surface area (Å²) in [7, 11) is 0. The first-order chi connectivity index (χ1) is 17.2. The van der Waals surface area contributed by atoms with Gasteiger partial charge in [-0.15, -0.1) is 0 Å². The molecule has 182 valence electrons. The molecule has 0 N–H and O–H groups in total. The fourth-order valence-electron chi connectivity index (χ4n) is 4.41. The standard InChI is InChI=1S/C28H32FN5O/c1-2-3-4-5-21-18-32-28(33-19-21)34-13-10-22(11-14-34)24-6-8-25(31-20-24)12-15-35-26-9-7-23(17-30)27(29)16-26/h6-9,16,18-20,22H,2-5,10-15H2,1H3. The average molecular weight is 474 g/mol. The monoisotopic (exact) mass is 473 g/mol. The quantitative estimate of drug-likeness (QED) is 0.356. The SMILES string of the molecule is CCCCCc1cnc(N2CCC(c3ccc(CCOc4ccc(C#N)c(F)c4)nc3)CC2)nc1. The molecule has 3 heterocycles. The Bertz CT molecular complexity index is 1120. The number of hydrogen-bond acceptors (Lipinski definition) is 6. The Balaban J connectivity index is 1.22. The van der Waals surface area contributed by atoms with Gasteiger partial charge in [-0.05, 0) is 60.9 Å². The van der Waals surface area contributed by atoms with Crippen LogP contribution < -0.4 is 9.64 Å². The Morgan fingerprint density at radius 3 is 2.49 bits per heavy atom. The Labute approximate surface area is 206 Å².